The lowest BCUT2D eigenvalue weighted by Gasteiger charge is -2.09. The van der Waals surface area contributed by atoms with Gasteiger partial charge < -0.3 is 9.84 Å². The highest BCUT2D eigenvalue weighted by Gasteiger charge is 2.07. The molecule has 0 saturated carbocycles. The molecule has 0 aromatic heterocycles. The van der Waals surface area contributed by atoms with Crippen LogP contribution in [-0.4, -0.2) is 23.9 Å². The fourth-order valence-corrected chi connectivity index (χ4v) is 1.19. The van der Waals surface area contributed by atoms with Crippen LogP contribution in [0.3, 0.4) is 0 Å². The Labute approximate surface area is 105 Å². The summed E-state index contributed by atoms with van der Waals surface area (Å²) < 4.78 is 18.2. The third kappa shape index (κ3) is 4.44. The summed E-state index contributed by atoms with van der Waals surface area (Å²) in [6, 6.07) is 3.97. The van der Waals surface area contributed by atoms with Crippen LogP contribution in [0, 0.1) is 17.7 Å². The first-order valence-corrected chi connectivity index (χ1v) is 5.40. The molecule has 0 saturated heterocycles. The average Bonchev–Trinajstić information content (AvgIpc) is 2.28. The fourth-order valence-electron chi connectivity index (χ4n) is 1.19. The van der Waals surface area contributed by atoms with E-state index in [1.165, 1.54) is 18.2 Å². The van der Waals surface area contributed by atoms with Crippen molar-refractivity contribution in [2.24, 2.45) is 0 Å². The second kappa shape index (κ2) is 6.62. The van der Waals surface area contributed by atoms with Gasteiger partial charge in [0.25, 0.3) is 0 Å². The van der Waals surface area contributed by atoms with E-state index in [2.05, 4.69) is 17.2 Å². The lowest BCUT2D eigenvalue weighted by atomic mass is 10.2. The topological polar surface area (TPSA) is 58.6 Å². The highest BCUT2D eigenvalue weighted by atomic mass is 19.1. The molecule has 0 aliphatic heterocycles. The summed E-state index contributed by atoms with van der Waals surface area (Å²) in [6.45, 7) is 3.09. The number of aliphatic hydroxyl groups is 1. The van der Waals surface area contributed by atoms with Crippen molar-refractivity contribution in [3.63, 3.8) is 0 Å². The third-order valence-corrected chi connectivity index (χ3v) is 1.86. The van der Waals surface area contributed by atoms with Gasteiger partial charge in [-0.1, -0.05) is 11.8 Å². The monoisotopic (exact) mass is 251 g/mol. The molecule has 0 fully saturated rings. The molecule has 0 aliphatic rings. The Morgan fingerprint density at radius 1 is 1.56 bits per heavy atom. The van der Waals surface area contributed by atoms with E-state index >= 15 is 0 Å². The predicted octanol–water partition coefficient (Wildman–Crippen LogP) is 2.13. The number of nitrogens with one attached hydrogen (secondary N) is 1. The van der Waals surface area contributed by atoms with Gasteiger partial charge in [0.1, 0.15) is 12.4 Å². The zero-order valence-electron chi connectivity index (χ0n) is 10.2. The summed E-state index contributed by atoms with van der Waals surface area (Å²) in [4.78, 5) is 11.3. The van der Waals surface area contributed by atoms with Crippen molar-refractivity contribution in [2.45, 2.75) is 20.0 Å². The van der Waals surface area contributed by atoms with Gasteiger partial charge in [-0.3, -0.25) is 5.32 Å². The van der Waals surface area contributed by atoms with Crippen LogP contribution in [0.15, 0.2) is 18.2 Å². The summed E-state index contributed by atoms with van der Waals surface area (Å²) in [5, 5.41) is 11.0. The number of carbonyl (C=O) groups is 1. The zero-order valence-corrected chi connectivity index (χ0v) is 10.2. The molecule has 0 spiro atoms. The first kappa shape index (κ1) is 14.0. The molecule has 1 amide bonds. The van der Waals surface area contributed by atoms with Crippen LogP contribution in [0.4, 0.5) is 14.9 Å². The van der Waals surface area contributed by atoms with E-state index in [4.69, 9.17) is 9.84 Å². The number of hydrogen-bond acceptors (Lipinski definition) is 3. The third-order valence-electron chi connectivity index (χ3n) is 1.86. The molecule has 5 heteroatoms. The van der Waals surface area contributed by atoms with Crippen molar-refractivity contribution < 1.29 is 19.0 Å². The second-order valence-corrected chi connectivity index (χ2v) is 3.73. The summed E-state index contributed by atoms with van der Waals surface area (Å²) in [5.74, 6) is 4.27. The highest BCUT2D eigenvalue weighted by Crippen LogP contribution is 2.14. The van der Waals surface area contributed by atoms with Crippen LogP contribution in [0.5, 0.6) is 0 Å². The summed E-state index contributed by atoms with van der Waals surface area (Å²) in [7, 11) is 0. The van der Waals surface area contributed by atoms with E-state index < -0.39 is 11.9 Å². The van der Waals surface area contributed by atoms with Gasteiger partial charge in [0.05, 0.1) is 11.7 Å². The maximum Gasteiger partial charge on any atom is 0.411 e. The average molecular weight is 251 g/mol. The van der Waals surface area contributed by atoms with Gasteiger partial charge >= 0.3 is 6.09 Å². The van der Waals surface area contributed by atoms with E-state index in [1.807, 2.05) is 0 Å². The Balaban J connectivity index is 2.82. The summed E-state index contributed by atoms with van der Waals surface area (Å²) in [5.41, 5.74) is 0.482. The molecule has 4 nitrogen and oxygen atoms in total. The minimum atomic E-state index is -0.613. The first-order chi connectivity index (χ1) is 8.52. The van der Waals surface area contributed by atoms with Crippen molar-refractivity contribution >= 4 is 11.8 Å². The predicted molar refractivity (Wildman–Crippen MR) is 65.6 cm³/mol. The van der Waals surface area contributed by atoms with Crippen LogP contribution >= 0.6 is 0 Å². The number of carbonyl (C=O) groups excluding carboxylic acids is 1. The maximum absolute atomic E-state index is 13.3. The molecular formula is C13H14FNO3. The molecule has 0 atom stereocenters. The summed E-state index contributed by atoms with van der Waals surface area (Å²) in [6.07, 6.45) is -0.850. The molecule has 1 aromatic rings. The molecule has 0 heterocycles. The molecule has 0 bridgehead atoms. The van der Waals surface area contributed by atoms with Crippen LogP contribution in [-0.2, 0) is 4.74 Å². The SMILES string of the molecule is CC(C)OC(=O)Nc1ccc(F)c(C#CCO)c1. The smallest absolute Gasteiger partial charge is 0.411 e. The van der Waals surface area contributed by atoms with E-state index in [9.17, 15) is 9.18 Å². The van der Waals surface area contributed by atoms with E-state index in [0.29, 0.717) is 5.69 Å². The Morgan fingerprint density at radius 3 is 2.89 bits per heavy atom. The molecular weight excluding hydrogens is 237 g/mol. The van der Waals surface area contributed by atoms with E-state index in [-0.39, 0.29) is 18.3 Å². The maximum atomic E-state index is 13.3. The normalized spacial score (nSPS) is 9.61. The number of halogens is 1. The van der Waals surface area contributed by atoms with Gasteiger partial charge in [-0.2, -0.15) is 0 Å². The Hall–Kier alpha value is -2.06. The first-order valence-electron chi connectivity index (χ1n) is 5.40. The van der Waals surface area contributed by atoms with Crippen LogP contribution in [0.1, 0.15) is 19.4 Å². The Bertz CT molecular complexity index is 489. The quantitative estimate of drug-likeness (QED) is 0.791. The van der Waals surface area contributed by atoms with Gasteiger partial charge in [0.2, 0.25) is 0 Å². The van der Waals surface area contributed by atoms with Crippen LogP contribution in [0.25, 0.3) is 0 Å². The number of benzene rings is 1. The molecule has 1 aromatic carbocycles. The second-order valence-electron chi connectivity index (χ2n) is 3.73. The number of rotatable bonds is 2. The van der Waals surface area contributed by atoms with Crippen LogP contribution in [0.2, 0.25) is 0 Å². The van der Waals surface area contributed by atoms with Gasteiger partial charge in [0.15, 0.2) is 0 Å². The number of amides is 1. The van der Waals surface area contributed by atoms with E-state index in [1.54, 1.807) is 13.8 Å². The standard InChI is InChI=1S/C13H14FNO3/c1-9(2)18-13(17)15-11-5-6-12(14)10(8-11)4-3-7-16/h5-6,8-9,16H,7H2,1-2H3,(H,15,17). The Kier molecular flexibility index (Phi) is 5.15. The summed E-state index contributed by atoms with van der Waals surface area (Å²) >= 11 is 0. The molecule has 0 unspecified atom stereocenters. The lowest BCUT2D eigenvalue weighted by Crippen LogP contribution is -2.18. The van der Waals surface area contributed by atoms with Crippen molar-refractivity contribution in [3.8, 4) is 11.8 Å². The van der Waals surface area contributed by atoms with Crippen LogP contribution < -0.4 is 5.32 Å². The van der Waals surface area contributed by atoms with Crippen molar-refractivity contribution in [3.05, 3.63) is 29.6 Å². The molecule has 96 valence electrons. The Morgan fingerprint density at radius 2 is 2.28 bits per heavy atom. The zero-order chi connectivity index (χ0) is 13.5. The van der Waals surface area contributed by atoms with Gasteiger partial charge in [0, 0.05) is 5.69 Å². The van der Waals surface area contributed by atoms with Gasteiger partial charge in [-0.15, -0.1) is 0 Å². The van der Waals surface area contributed by atoms with Gasteiger partial charge in [-0.05, 0) is 32.0 Å². The molecule has 0 radical (unpaired) electrons. The lowest BCUT2D eigenvalue weighted by molar-refractivity contribution is 0.130. The number of hydrogen-bond donors (Lipinski definition) is 2. The number of aliphatic hydroxyl groups excluding tert-OH is 1. The minimum Gasteiger partial charge on any atom is -0.447 e. The molecule has 18 heavy (non-hydrogen) atoms. The molecule has 0 aliphatic carbocycles. The number of anilines is 1. The number of ether oxygens (including phenoxy) is 1. The molecule has 2 N–H and O–H groups in total. The van der Waals surface area contributed by atoms with E-state index in [0.717, 1.165) is 0 Å². The van der Waals surface area contributed by atoms with Crippen molar-refractivity contribution in [1.29, 1.82) is 0 Å². The van der Waals surface area contributed by atoms with Gasteiger partial charge in [-0.25, -0.2) is 9.18 Å². The van der Waals surface area contributed by atoms with Crippen molar-refractivity contribution in [1.82, 2.24) is 0 Å². The highest BCUT2D eigenvalue weighted by molar-refractivity contribution is 5.84. The largest absolute Gasteiger partial charge is 0.447 e. The molecule has 1 rings (SSSR count). The fraction of sp³-hybridized carbons (Fsp3) is 0.308. The minimum absolute atomic E-state index is 0.103. The van der Waals surface area contributed by atoms with Crippen molar-refractivity contribution in [2.75, 3.05) is 11.9 Å².